The van der Waals surface area contributed by atoms with Crippen LogP contribution in [0, 0.1) is 5.92 Å². The SMILES string of the molecule is COc1ccc(C2CCCN2Cc2nc(CC(C)C)no2)cc1OC. The molecule has 1 atom stereocenters. The van der Waals surface area contributed by atoms with E-state index in [1.165, 1.54) is 5.56 Å². The van der Waals surface area contributed by atoms with Crippen LogP contribution in [0.15, 0.2) is 22.7 Å². The Balaban J connectivity index is 1.73. The molecular formula is C19H27N3O3. The van der Waals surface area contributed by atoms with Crippen LogP contribution in [-0.4, -0.2) is 35.8 Å². The Kier molecular flexibility index (Phi) is 5.58. The zero-order chi connectivity index (χ0) is 17.8. The molecule has 136 valence electrons. The molecule has 0 bridgehead atoms. The molecule has 25 heavy (non-hydrogen) atoms. The van der Waals surface area contributed by atoms with Crippen LogP contribution < -0.4 is 9.47 Å². The second-order valence-electron chi connectivity index (χ2n) is 6.95. The highest BCUT2D eigenvalue weighted by molar-refractivity contribution is 5.44. The Labute approximate surface area is 149 Å². The summed E-state index contributed by atoms with van der Waals surface area (Å²) in [5.74, 6) is 3.54. The minimum absolute atomic E-state index is 0.334. The fraction of sp³-hybridized carbons (Fsp3) is 0.579. The van der Waals surface area contributed by atoms with Crippen molar-refractivity contribution in [2.45, 2.75) is 45.7 Å². The van der Waals surface area contributed by atoms with Crippen LogP contribution in [0.1, 0.15) is 50.0 Å². The minimum atomic E-state index is 0.334. The third-order valence-corrected chi connectivity index (χ3v) is 4.60. The zero-order valence-corrected chi connectivity index (χ0v) is 15.5. The number of ether oxygens (including phenoxy) is 2. The molecule has 1 unspecified atom stereocenters. The molecule has 0 radical (unpaired) electrons. The van der Waals surface area contributed by atoms with E-state index in [2.05, 4.69) is 41.0 Å². The molecule has 0 amide bonds. The first-order valence-electron chi connectivity index (χ1n) is 8.88. The minimum Gasteiger partial charge on any atom is -0.493 e. The summed E-state index contributed by atoms with van der Waals surface area (Å²) in [5.41, 5.74) is 1.23. The molecule has 3 rings (SSSR count). The Hall–Kier alpha value is -2.08. The van der Waals surface area contributed by atoms with Crippen molar-refractivity contribution in [3.8, 4) is 11.5 Å². The highest BCUT2D eigenvalue weighted by Gasteiger charge is 2.28. The monoisotopic (exact) mass is 345 g/mol. The molecule has 1 aromatic heterocycles. The number of nitrogens with zero attached hydrogens (tertiary/aromatic N) is 3. The first kappa shape index (κ1) is 17.7. The molecule has 6 nitrogen and oxygen atoms in total. The fourth-order valence-corrected chi connectivity index (χ4v) is 3.43. The van der Waals surface area contributed by atoms with E-state index in [1.54, 1.807) is 14.2 Å². The average molecular weight is 345 g/mol. The van der Waals surface area contributed by atoms with Crippen molar-refractivity contribution < 1.29 is 14.0 Å². The first-order valence-corrected chi connectivity index (χ1v) is 8.88. The van der Waals surface area contributed by atoms with E-state index in [0.717, 1.165) is 43.1 Å². The molecule has 2 aromatic rings. The summed E-state index contributed by atoms with van der Waals surface area (Å²) in [7, 11) is 3.33. The molecule has 2 heterocycles. The van der Waals surface area contributed by atoms with E-state index in [4.69, 9.17) is 14.0 Å². The van der Waals surface area contributed by atoms with Crippen LogP contribution in [0.25, 0.3) is 0 Å². The second-order valence-corrected chi connectivity index (χ2v) is 6.95. The smallest absolute Gasteiger partial charge is 0.240 e. The number of rotatable bonds is 7. The largest absolute Gasteiger partial charge is 0.493 e. The Morgan fingerprint density at radius 2 is 2.04 bits per heavy atom. The summed E-state index contributed by atoms with van der Waals surface area (Å²) in [4.78, 5) is 6.94. The van der Waals surface area contributed by atoms with Gasteiger partial charge in [0.15, 0.2) is 17.3 Å². The van der Waals surface area contributed by atoms with Gasteiger partial charge in [-0.2, -0.15) is 4.98 Å². The number of hydrogen-bond donors (Lipinski definition) is 0. The highest BCUT2D eigenvalue weighted by atomic mass is 16.5. The number of likely N-dealkylation sites (tertiary alicyclic amines) is 1. The quantitative estimate of drug-likeness (QED) is 0.764. The number of benzene rings is 1. The standard InChI is InChI=1S/C19H27N3O3/c1-13(2)10-18-20-19(25-21-18)12-22-9-5-6-15(22)14-7-8-16(23-3)17(11-14)24-4/h7-8,11,13,15H,5-6,9-10,12H2,1-4H3. The van der Waals surface area contributed by atoms with Crippen molar-refractivity contribution >= 4 is 0 Å². The number of methoxy groups -OCH3 is 2. The zero-order valence-electron chi connectivity index (χ0n) is 15.5. The van der Waals surface area contributed by atoms with Crippen molar-refractivity contribution in [2.75, 3.05) is 20.8 Å². The average Bonchev–Trinajstić information content (AvgIpc) is 3.23. The van der Waals surface area contributed by atoms with Crippen LogP contribution in [0.3, 0.4) is 0 Å². The Morgan fingerprint density at radius 1 is 1.24 bits per heavy atom. The van der Waals surface area contributed by atoms with Gasteiger partial charge < -0.3 is 14.0 Å². The van der Waals surface area contributed by atoms with Gasteiger partial charge in [-0.05, 0) is 43.0 Å². The summed E-state index contributed by atoms with van der Waals surface area (Å²) in [6.07, 6.45) is 3.12. The molecule has 1 saturated heterocycles. The predicted octanol–water partition coefficient (Wildman–Crippen LogP) is 3.62. The summed E-state index contributed by atoms with van der Waals surface area (Å²) in [6.45, 7) is 6.03. The summed E-state index contributed by atoms with van der Waals surface area (Å²) in [5, 5.41) is 4.10. The lowest BCUT2D eigenvalue weighted by atomic mass is 10.0. The molecule has 0 saturated carbocycles. The van der Waals surface area contributed by atoms with Gasteiger partial charge >= 0.3 is 0 Å². The molecular weight excluding hydrogens is 318 g/mol. The van der Waals surface area contributed by atoms with E-state index in [0.29, 0.717) is 24.4 Å². The third-order valence-electron chi connectivity index (χ3n) is 4.60. The summed E-state index contributed by atoms with van der Waals surface area (Å²) in [6, 6.07) is 6.49. The highest BCUT2D eigenvalue weighted by Crippen LogP contribution is 2.37. The van der Waals surface area contributed by atoms with E-state index >= 15 is 0 Å². The van der Waals surface area contributed by atoms with Gasteiger partial charge in [-0.3, -0.25) is 4.90 Å². The molecule has 0 N–H and O–H groups in total. The molecule has 1 aliphatic rings. The molecule has 0 spiro atoms. The Morgan fingerprint density at radius 3 is 2.76 bits per heavy atom. The molecule has 1 fully saturated rings. The summed E-state index contributed by atoms with van der Waals surface area (Å²) >= 11 is 0. The van der Waals surface area contributed by atoms with Crippen molar-refractivity contribution in [3.05, 3.63) is 35.5 Å². The maximum absolute atomic E-state index is 5.45. The van der Waals surface area contributed by atoms with Crippen LogP contribution >= 0.6 is 0 Å². The van der Waals surface area contributed by atoms with E-state index in [-0.39, 0.29) is 0 Å². The lowest BCUT2D eigenvalue weighted by molar-refractivity contribution is 0.211. The van der Waals surface area contributed by atoms with Gasteiger partial charge in [-0.15, -0.1) is 0 Å². The first-order chi connectivity index (χ1) is 12.1. The van der Waals surface area contributed by atoms with Crippen molar-refractivity contribution in [1.29, 1.82) is 0 Å². The van der Waals surface area contributed by atoms with Gasteiger partial charge in [0.2, 0.25) is 5.89 Å². The van der Waals surface area contributed by atoms with E-state index < -0.39 is 0 Å². The van der Waals surface area contributed by atoms with Gasteiger partial charge in [0.25, 0.3) is 0 Å². The van der Waals surface area contributed by atoms with Crippen molar-refractivity contribution in [1.82, 2.24) is 15.0 Å². The van der Waals surface area contributed by atoms with Crippen molar-refractivity contribution in [3.63, 3.8) is 0 Å². The van der Waals surface area contributed by atoms with Gasteiger partial charge in [0.1, 0.15) is 0 Å². The second kappa shape index (κ2) is 7.87. The normalized spacial score (nSPS) is 18.0. The van der Waals surface area contributed by atoms with Gasteiger partial charge in [0.05, 0.1) is 20.8 Å². The topological polar surface area (TPSA) is 60.6 Å². The van der Waals surface area contributed by atoms with Crippen LogP contribution in [0.2, 0.25) is 0 Å². The number of hydrogen-bond acceptors (Lipinski definition) is 6. The van der Waals surface area contributed by atoms with Crippen LogP contribution in [-0.2, 0) is 13.0 Å². The van der Waals surface area contributed by atoms with Crippen LogP contribution in [0.5, 0.6) is 11.5 Å². The fourth-order valence-electron chi connectivity index (χ4n) is 3.43. The van der Waals surface area contributed by atoms with Gasteiger partial charge in [0, 0.05) is 12.5 Å². The maximum atomic E-state index is 5.45. The van der Waals surface area contributed by atoms with Crippen molar-refractivity contribution in [2.24, 2.45) is 5.92 Å². The summed E-state index contributed by atoms with van der Waals surface area (Å²) < 4.78 is 16.2. The molecule has 6 heteroatoms. The number of aromatic nitrogens is 2. The van der Waals surface area contributed by atoms with Gasteiger partial charge in [-0.25, -0.2) is 0 Å². The lowest BCUT2D eigenvalue weighted by Gasteiger charge is -2.23. The predicted molar refractivity (Wildman–Crippen MR) is 94.8 cm³/mol. The molecule has 1 aliphatic heterocycles. The Bertz CT molecular complexity index is 699. The molecule has 1 aromatic carbocycles. The van der Waals surface area contributed by atoms with E-state index in [9.17, 15) is 0 Å². The van der Waals surface area contributed by atoms with Gasteiger partial charge in [-0.1, -0.05) is 25.1 Å². The van der Waals surface area contributed by atoms with Crippen LogP contribution in [0.4, 0.5) is 0 Å². The van der Waals surface area contributed by atoms with E-state index in [1.807, 2.05) is 6.07 Å². The maximum Gasteiger partial charge on any atom is 0.240 e. The molecule has 0 aliphatic carbocycles. The third kappa shape index (κ3) is 4.12. The lowest BCUT2D eigenvalue weighted by Crippen LogP contribution is -2.23.